The van der Waals surface area contributed by atoms with Crippen molar-refractivity contribution in [2.75, 3.05) is 69.4 Å². The highest BCUT2D eigenvalue weighted by molar-refractivity contribution is 6.31. The molecule has 8 nitrogen and oxygen atoms in total. The Balaban J connectivity index is 1.31. The van der Waals surface area contributed by atoms with Gasteiger partial charge in [-0.05, 0) is 48.0 Å². The first-order chi connectivity index (χ1) is 18.6. The molecule has 200 valence electrons. The number of fused-ring (bicyclic) bond motifs is 2. The molecule has 2 aliphatic heterocycles. The summed E-state index contributed by atoms with van der Waals surface area (Å²) in [4.78, 5) is 17.6. The van der Waals surface area contributed by atoms with Crippen molar-refractivity contribution in [2.24, 2.45) is 0 Å². The van der Waals surface area contributed by atoms with Gasteiger partial charge in [0.1, 0.15) is 6.61 Å². The number of amides is 1. The van der Waals surface area contributed by atoms with Crippen LogP contribution in [0.3, 0.4) is 0 Å². The number of para-hydroxylation sites is 2. The van der Waals surface area contributed by atoms with Gasteiger partial charge in [-0.15, -0.1) is 0 Å². The molecule has 2 heterocycles. The Labute approximate surface area is 228 Å². The fourth-order valence-corrected chi connectivity index (χ4v) is 4.64. The minimum absolute atomic E-state index is 0.165. The molecule has 1 fully saturated rings. The number of hydrogen-bond donors (Lipinski definition) is 1. The minimum Gasteiger partial charge on any atom is -0.487 e. The number of rotatable bonds is 3. The smallest absolute Gasteiger partial charge is 0.238 e. The molecule has 0 bridgehead atoms. The maximum atomic E-state index is 13.2. The number of halogens is 1. The summed E-state index contributed by atoms with van der Waals surface area (Å²) in [5.41, 5.74) is 2.81. The fraction of sp³-hybridized carbons (Fsp3) is 0.345. The molecule has 0 saturated carbocycles. The second-order valence-electron chi connectivity index (χ2n) is 9.17. The van der Waals surface area contributed by atoms with Crippen LogP contribution >= 0.6 is 11.6 Å². The lowest BCUT2D eigenvalue weighted by Gasteiger charge is -2.29. The molecule has 3 aromatic rings. The zero-order chi connectivity index (χ0) is 26.2. The summed E-state index contributed by atoms with van der Waals surface area (Å²) in [6.07, 6.45) is 0. The zero-order valence-corrected chi connectivity index (χ0v) is 22.0. The first-order valence-corrected chi connectivity index (χ1v) is 13.2. The van der Waals surface area contributed by atoms with Crippen molar-refractivity contribution in [3.05, 3.63) is 77.3 Å². The molecule has 2 aliphatic rings. The van der Waals surface area contributed by atoms with Crippen molar-refractivity contribution >= 4 is 28.9 Å². The Hall–Kier alpha value is -3.30. The van der Waals surface area contributed by atoms with Gasteiger partial charge in [0.2, 0.25) is 5.91 Å². The van der Waals surface area contributed by atoms with E-state index in [9.17, 15) is 4.79 Å². The molecular formula is C29H32ClN3O5. The van der Waals surface area contributed by atoms with Gasteiger partial charge in [-0.25, -0.2) is 0 Å². The van der Waals surface area contributed by atoms with Gasteiger partial charge in [-0.1, -0.05) is 35.9 Å². The molecule has 0 aromatic heterocycles. The third kappa shape index (κ3) is 7.17. The highest BCUT2D eigenvalue weighted by Gasteiger charge is 2.17. The van der Waals surface area contributed by atoms with Crippen molar-refractivity contribution in [1.82, 2.24) is 4.90 Å². The molecule has 0 atom stereocenters. The van der Waals surface area contributed by atoms with Crippen LogP contribution in [0.2, 0.25) is 5.02 Å². The third-order valence-corrected chi connectivity index (χ3v) is 6.64. The number of nitrogens with one attached hydrogen (secondary N) is 1. The molecule has 1 amide bonds. The standard InChI is InChI=1S/C29H32ClN3O5/c30-23-7-10-26-25(19-23)31-29(34)21-32(11-14-36-17-18-37-27-3-1-2-4-28(27)38-26)20-22-5-8-24(9-6-22)33-12-15-35-16-13-33/h1-10,19H,11-18,20-21H2,(H,31,34). The average molecular weight is 538 g/mol. The van der Waals surface area contributed by atoms with E-state index in [1.165, 1.54) is 5.69 Å². The number of ether oxygens (including phenoxy) is 4. The van der Waals surface area contributed by atoms with E-state index in [1.54, 1.807) is 18.2 Å². The lowest BCUT2D eigenvalue weighted by Crippen LogP contribution is -2.36. The first-order valence-electron chi connectivity index (χ1n) is 12.8. The highest BCUT2D eigenvalue weighted by Crippen LogP contribution is 2.36. The van der Waals surface area contributed by atoms with Gasteiger partial charge in [0.05, 0.1) is 38.7 Å². The van der Waals surface area contributed by atoms with E-state index in [0.29, 0.717) is 60.9 Å². The van der Waals surface area contributed by atoms with E-state index in [4.69, 9.17) is 30.5 Å². The number of morpholine rings is 1. The topological polar surface area (TPSA) is 72.5 Å². The molecule has 0 aliphatic carbocycles. The molecular weight excluding hydrogens is 506 g/mol. The molecule has 1 N–H and O–H groups in total. The van der Waals surface area contributed by atoms with E-state index in [2.05, 4.69) is 39.4 Å². The highest BCUT2D eigenvalue weighted by atomic mass is 35.5. The summed E-state index contributed by atoms with van der Waals surface area (Å²) in [6, 6.07) is 21.1. The lowest BCUT2D eigenvalue weighted by atomic mass is 10.1. The summed E-state index contributed by atoms with van der Waals surface area (Å²) in [5, 5.41) is 3.48. The van der Waals surface area contributed by atoms with Crippen LogP contribution in [0.15, 0.2) is 66.7 Å². The maximum Gasteiger partial charge on any atom is 0.238 e. The van der Waals surface area contributed by atoms with E-state index in [1.807, 2.05) is 24.3 Å². The van der Waals surface area contributed by atoms with Gasteiger partial charge < -0.3 is 29.2 Å². The van der Waals surface area contributed by atoms with Crippen LogP contribution in [-0.4, -0.2) is 70.0 Å². The predicted molar refractivity (Wildman–Crippen MR) is 148 cm³/mol. The van der Waals surface area contributed by atoms with E-state index in [0.717, 1.165) is 31.9 Å². The SMILES string of the molecule is O=C1CN(Cc2ccc(N3CCOCC3)cc2)CCOCCOc2ccccc2Oc2ccc(Cl)cc2N1. The molecule has 3 aromatic carbocycles. The van der Waals surface area contributed by atoms with E-state index < -0.39 is 0 Å². The predicted octanol–water partition coefficient (Wildman–Crippen LogP) is 4.82. The quantitative estimate of drug-likeness (QED) is 0.513. The van der Waals surface area contributed by atoms with Gasteiger partial charge in [0.25, 0.3) is 0 Å². The second-order valence-corrected chi connectivity index (χ2v) is 9.61. The molecule has 9 heteroatoms. The van der Waals surface area contributed by atoms with Crippen LogP contribution in [0.4, 0.5) is 11.4 Å². The van der Waals surface area contributed by atoms with Gasteiger partial charge in [-0.2, -0.15) is 0 Å². The summed E-state index contributed by atoms with van der Waals surface area (Å²) in [5.74, 6) is 1.46. The largest absolute Gasteiger partial charge is 0.487 e. The summed E-state index contributed by atoms with van der Waals surface area (Å²) < 4.78 is 23.3. The monoisotopic (exact) mass is 537 g/mol. The number of carbonyl (C=O) groups is 1. The fourth-order valence-electron chi connectivity index (χ4n) is 4.47. The number of nitrogens with zero attached hydrogens (tertiary/aromatic N) is 2. The van der Waals surface area contributed by atoms with E-state index in [-0.39, 0.29) is 12.5 Å². The van der Waals surface area contributed by atoms with Crippen LogP contribution in [0, 0.1) is 0 Å². The van der Waals surface area contributed by atoms with Crippen molar-refractivity contribution in [1.29, 1.82) is 0 Å². The molecule has 5 rings (SSSR count). The third-order valence-electron chi connectivity index (χ3n) is 6.41. The zero-order valence-electron chi connectivity index (χ0n) is 21.2. The number of carbonyl (C=O) groups excluding carboxylic acids is 1. The number of hydrogen-bond acceptors (Lipinski definition) is 7. The minimum atomic E-state index is -0.165. The Bertz CT molecular complexity index is 1220. The Morgan fingerprint density at radius 3 is 2.34 bits per heavy atom. The Morgan fingerprint density at radius 1 is 0.789 bits per heavy atom. The lowest BCUT2D eigenvalue weighted by molar-refractivity contribution is -0.117. The van der Waals surface area contributed by atoms with Crippen LogP contribution in [-0.2, 0) is 20.8 Å². The number of anilines is 2. The maximum absolute atomic E-state index is 13.2. The van der Waals surface area contributed by atoms with Crippen molar-refractivity contribution in [2.45, 2.75) is 6.54 Å². The molecule has 38 heavy (non-hydrogen) atoms. The molecule has 0 spiro atoms. The van der Waals surface area contributed by atoms with Gasteiger partial charge in [-0.3, -0.25) is 9.69 Å². The average Bonchev–Trinajstić information content (AvgIpc) is 2.93. The Kier molecular flexibility index (Phi) is 8.98. The van der Waals surface area contributed by atoms with Crippen LogP contribution in [0.25, 0.3) is 0 Å². The van der Waals surface area contributed by atoms with Crippen LogP contribution < -0.4 is 19.7 Å². The number of benzene rings is 3. The van der Waals surface area contributed by atoms with Crippen LogP contribution in [0.5, 0.6) is 17.2 Å². The summed E-state index contributed by atoms with van der Waals surface area (Å²) in [6.45, 7) is 5.97. The molecule has 0 unspecified atom stereocenters. The Morgan fingerprint density at radius 2 is 1.53 bits per heavy atom. The normalized spacial score (nSPS) is 17.6. The summed E-state index contributed by atoms with van der Waals surface area (Å²) >= 11 is 6.26. The van der Waals surface area contributed by atoms with Crippen LogP contribution in [0.1, 0.15) is 5.56 Å². The van der Waals surface area contributed by atoms with Crippen molar-refractivity contribution < 1.29 is 23.7 Å². The van der Waals surface area contributed by atoms with Crippen molar-refractivity contribution in [3.63, 3.8) is 0 Å². The van der Waals surface area contributed by atoms with Crippen molar-refractivity contribution in [3.8, 4) is 17.2 Å². The van der Waals surface area contributed by atoms with E-state index >= 15 is 0 Å². The van der Waals surface area contributed by atoms with Gasteiger partial charge in [0.15, 0.2) is 17.2 Å². The summed E-state index contributed by atoms with van der Waals surface area (Å²) in [7, 11) is 0. The first kappa shape index (κ1) is 26.3. The van der Waals surface area contributed by atoms with Gasteiger partial charge in [0, 0.05) is 36.9 Å². The second kappa shape index (κ2) is 13.0. The van der Waals surface area contributed by atoms with Gasteiger partial charge >= 0.3 is 0 Å². The molecule has 0 radical (unpaired) electrons. The molecule has 1 saturated heterocycles.